The number of hydrogen-bond donors (Lipinski definition) is 0. The average molecular weight is 263 g/mol. The molecule has 0 saturated carbocycles. The fraction of sp³-hybridized carbons (Fsp3) is 1.00. The molecule has 0 bridgehead atoms. The first kappa shape index (κ1) is 19.6. The van der Waals surface area contributed by atoms with Crippen molar-refractivity contribution in [3.05, 3.63) is 0 Å². The van der Waals surface area contributed by atoms with E-state index in [2.05, 4.69) is 27.7 Å². The van der Waals surface area contributed by atoms with Crippen LogP contribution in [0.1, 0.15) is 91.9 Å². The van der Waals surface area contributed by atoms with Crippen LogP contribution in [-0.4, -0.2) is 5.88 Å². The van der Waals surface area contributed by atoms with Crippen molar-refractivity contribution in [1.29, 1.82) is 0 Å². The lowest BCUT2D eigenvalue weighted by Crippen LogP contribution is -1.87. The van der Waals surface area contributed by atoms with E-state index in [1.165, 1.54) is 57.8 Å². The third kappa shape index (κ3) is 26.1. The normalized spacial score (nSPS) is 10.2. The van der Waals surface area contributed by atoms with Gasteiger partial charge < -0.3 is 0 Å². The van der Waals surface area contributed by atoms with Gasteiger partial charge in [0, 0.05) is 5.88 Å². The highest BCUT2D eigenvalue weighted by Gasteiger charge is 1.93. The predicted octanol–water partition coefficient (Wildman–Crippen LogP) is 6.81. The van der Waals surface area contributed by atoms with E-state index in [1.54, 1.807) is 0 Å². The van der Waals surface area contributed by atoms with Crippen LogP contribution < -0.4 is 0 Å². The Morgan fingerprint density at radius 2 is 1.18 bits per heavy atom. The molecule has 1 heteroatoms. The predicted molar refractivity (Wildman–Crippen MR) is 83.1 cm³/mol. The van der Waals surface area contributed by atoms with Crippen molar-refractivity contribution in [2.45, 2.75) is 91.9 Å². The summed E-state index contributed by atoms with van der Waals surface area (Å²) in [5.41, 5.74) is 0. The molecule has 0 aliphatic heterocycles. The Bertz CT molecular complexity index is 108. The topological polar surface area (TPSA) is 0 Å². The fourth-order valence-corrected chi connectivity index (χ4v) is 1.91. The van der Waals surface area contributed by atoms with Crippen molar-refractivity contribution in [3.8, 4) is 0 Å². The van der Waals surface area contributed by atoms with Gasteiger partial charge in [-0.15, -0.1) is 11.6 Å². The number of rotatable bonds is 10. The second-order valence-corrected chi connectivity index (χ2v) is 5.72. The standard InChI is InChI=1S/C12H26.C4H9Cl/c1-4-5-6-7-8-9-10-11-12(2)3;1-2-3-4-5/h12H,4-11H2,1-3H3;2-4H2,1H3. The van der Waals surface area contributed by atoms with Crippen LogP contribution in [0.25, 0.3) is 0 Å². The van der Waals surface area contributed by atoms with Gasteiger partial charge >= 0.3 is 0 Å². The van der Waals surface area contributed by atoms with Crippen molar-refractivity contribution in [2.75, 3.05) is 5.88 Å². The Labute approximate surface area is 116 Å². The summed E-state index contributed by atoms with van der Waals surface area (Å²) in [7, 11) is 0. The molecule has 0 nitrogen and oxygen atoms in total. The Morgan fingerprint density at radius 1 is 0.706 bits per heavy atom. The molecule has 0 spiro atoms. The molecule has 0 saturated heterocycles. The van der Waals surface area contributed by atoms with Crippen LogP contribution in [0, 0.1) is 5.92 Å². The first-order chi connectivity index (χ1) is 8.18. The first-order valence-electron chi connectivity index (χ1n) is 7.74. The molecule has 0 aromatic rings. The molecule has 0 aliphatic carbocycles. The van der Waals surface area contributed by atoms with E-state index in [0.717, 1.165) is 18.2 Å². The van der Waals surface area contributed by atoms with Crippen molar-refractivity contribution in [2.24, 2.45) is 5.92 Å². The summed E-state index contributed by atoms with van der Waals surface area (Å²) >= 11 is 5.30. The highest BCUT2D eigenvalue weighted by Crippen LogP contribution is 2.11. The van der Waals surface area contributed by atoms with E-state index in [0.29, 0.717) is 0 Å². The van der Waals surface area contributed by atoms with Crippen molar-refractivity contribution in [3.63, 3.8) is 0 Å². The maximum Gasteiger partial charge on any atom is 0.0223 e. The highest BCUT2D eigenvalue weighted by molar-refractivity contribution is 6.17. The van der Waals surface area contributed by atoms with Gasteiger partial charge in [0.2, 0.25) is 0 Å². The second-order valence-electron chi connectivity index (χ2n) is 5.35. The van der Waals surface area contributed by atoms with Crippen LogP contribution in [0.15, 0.2) is 0 Å². The lowest BCUT2D eigenvalue weighted by atomic mass is 10.0. The number of unbranched alkanes of at least 4 members (excludes halogenated alkanes) is 7. The van der Waals surface area contributed by atoms with E-state index in [-0.39, 0.29) is 0 Å². The molecule has 0 unspecified atom stereocenters. The van der Waals surface area contributed by atoms with Crippen LogP contribution in [0.3, 0.4) is 0 Å². The number of alkyl halides is 1. The quantitative estimate of drug-likeness (QED) is 0.300. The molecule has 0 amide bonds. The minimum Gasteiger partial charge on any atom is -0.127 e. The van der Waals surface area contributed by atoms with E-state index >= 15 is 0 Å². The smallest absolute Gasteiger partial charge is 0.0223 e. The second kappa shape index (κ2) is 18.6. The molecule has 0 rings (SSSR count). The van der Waals surface area contributed by atoms with E-state index in [4.69, 9.17) is 11.6 Å². The zero-order valence-electron chi connectivity index (χ0n) is 12.7. The van der Waals surface area contributed by atoms with Gasteiger partial charge in [-0.25, -0.2) is 0 Å². The molecule has 0 atom stereocenters. The van der Waals surface area contributed by atoms with E-state index < -0.39 is 0 Å². The summed E-state index contributed by atoms with van der Waals surface area (Å²) < 4.78 is 0. The van der Waals surface area contributed by atoms with Crippen molar-refractivity contribution >= 4 is 11.6 Å². The molecular weight excluding hydrogens is 228 g/mol. The lowest BCUT2D eigenvalue weighted by molar-refractivity contribution is 0.511. The third-order valence-corrected chi connectivity index (χ3v) is 3.14. The monoisotopic (exact) mass is 262 g/mol. The molecule has 0 aromatic carbocycles. The summed E-state index contributed by atoms with van der Waals surface area (Å²) in [5, 5.41) is 0. The van der Waals surface area contributed by atoms with Gasteiger partial charge in [0.15, 0.2) is 0 Å². The Kier molecular flexibility index (Phi) is 21.5. The molecular formula is C16H35Cl. The third-order valence-electron chi connectivity index (χ3n) is 2.87. The summed E-state index contributed by atoms with van der Waals surface area (Å²) in [4.78, 5) is 0. The van der Waals surface area contributed by atoms with Gasteiger partial charge in [0.05, 0.1) is 0 Å². The Hall–Kier alpha value is 0.290. The number of halogens is 1. The van der Waals surface area contributed by atoms with Gasteiger partial charge in [-0.3, -0.25) is 0 Å². The zero-order chi connectivity index (χ0) is 13.4. The fourth-order valence-electron chi connectivity index (χ4n) is 1.64. The van der Waals surface area contributed by atoms with Gasteiger partial charge in [-0.05, 0) is 12.3 Å². The van der Waals surface area contributed by atoms with Crippen LogP contribution in [0.4, 0.5) is 0 Å². The first-order valence-corrected chi connectivity index (χ1v) is 8.28. The van der Waals surface area contributed by atoms with Gasteiger partial charge in [0.25, 0.3) is 0 Å². The molecule has 0 N–H and O–H groups in total. The molecule has 0 radical (unpaired) electrons. The highest BCUT2D eigenvalue weighted by atomic mass is 35.5. The van der Waals surface area contributed by atoms with Crippen LogP contribution >= 0.6 is 11.6 Å². The van der Waals surface area contributed by atoms with Crippen molar-refractivity contribution in [1.82, 2.24) is 0 Å². The molecule has 0 aromatic heterocycles. The molecule has 17 heavy (non-hydrogen) atoms. The molecule has 0 aliphatic rings. The van der Waals surface area contributed by atoms with Crippen LogP contribution in [-0.2, 0) is 0 Å². The maximum absolute atomic E-state index is 5.30. The summed E-state index contributed by atoms with van der Waals surface area (Å²) in [6, 6.07) is 0. The SMILES string of the molecule is CCCCCCCCCC(C)C.CCCCCl. The molecule has 0 fully saturated rings. The summed E-state index contributed by atoms with van der Waals surface area (Å²) in [5.74, 6) is 1.72. The minimum absolute atomic E-state index is 0.816. The Balaban J connectivity index is 0. The van der Waals surface area contributed by atoms with Gasteiger partial charge in [-0.2, -0.15) is 0 Å². The van der Waals surface area contributed by atoms with Crippen LogP contribution in [0.5, 0.6) is 0 Å². The molecule has 106 valence electrons. The maximum atomic E-state index is 5.30. The average Bonchev–Trinajstić information content (AvgIpc) is 2.29. The molecule has 0 heterocycles. The summed E-state index contributed by atoms with van der Waals surface area (Å²) in [6.07, 6.45) is 13.9. The lowest BCUT2D eigenvalue weighted by Gasteiger charge is -2.03. The van der Waals surface area contributed by atoms with Gasteiger partial charge in [-0.1, -0.05) is 85.5 Å². The largest absolute Gasteiger partial charge is 0.127 e. The minimum atomic E-state index is 0.816. The zero-order valence-corrected chi connectivity index (χ0v) is 13.5. The van der Waals surface area contributed by atoms with Crippen molar-refractivity contribution < 1.29 is 0 Å². The van der Waals surface area contributed by atoms with E-state index in [1.807, 2.05) is 0 Å². The van der Waals surface area contributed by atoms with Gasteiger partial charge in [0.1, 0.15) is 0 Å². The number of hydrogen-bond acceptors (Lipinski definition) is 0. The Morgan fingerprint density at radius 3 is 1.53 bits per heavy atom. The van der Waals surface area contributed by atoms with E-state index in [9.17, 15) is 0 Å². The summed E-state index contributed by atoms with van der Waals surface area (Å²) in [6.45, 7) is 9.04. The van der Waals surface area contributed by atoms with Crippen LogP contribution in [0.2, 0.25) is 0 Å².